The summed E-state index contributed by atoms with van der Waals surface area (Å²) in [6, 6.07) is 9.40. The summed E-state index contributed by atoms with van der Waals surface area (Å²) in [6.07, 6.45) is 0.916. The first-order valence-corrected chi connectivity index (χ1v) is 6.75. The third-order valence-electron chi connectivity index (χ3n) is 3.09. The van der Waals surface area contributed by atoms with Gasteiger partial charge in [0.2, 0.25) is 0 Å². The molecule has 1 N–H and O–H groups in total. The van der Waals surface area contributed by atoms with E-state index in [1.54, 1.807) is 0 Å². The molecule has 0 aliphatic rings. The number of fused-ring (bicyclic) bond motifs is 1. The molecule has 3 rings (SSSR count). The van der Waals surface area contributed by atoms with Gasteiger partial charge in [-0.15, -0.1) is 0 Å². The highest BCUT2D eigenvalue weighted by Gasteiger charge is 2.11. The molecule has 2 aromatic carbocycles. The second-order valence-corrected chi connectivity index (χ2v) is 4.75. The number of nitrogens with one attached hydrogen (secondary N) is 1. The van der Waals surface area contributed by atoms with E-state index in [-0.39, 0.29) is 5.52 Å². The Labute approximate surface area is 120 Å². The van der Waals surface area contributed by atoms with Crippen LogP contribution in [0.1, 0.15) is 13.3 Å². The summed E-state index contributed by atoms with van der Waals surface area (Å²) in [5.41, 5.74) is 1.23. The predicted molar refractivity (Wildman–Crippen MR) is 77.2 cm³/mol. The zero-order chi connectivity index (χ0) is 14.8. The average Bonchev–Trinajstić information content (AvgIpc) is 2.89. The summed E-state index contributed by atoms with van der Waals surface area (Å²) in [7, 11) is 0. The summed E-state index contributed by atoms with van der Waals surface area (Å²) in [5.74, 6) is -0.0981. The summed E-state index contributed by atoms with van der Waals surface area (Å²) >= 11 is 0. The summed E-state index contributed by atoms with van der Waals surface area (Å²) in [4.78, 5) is 7.12. The van der Waals surface area contributed by atoms with E-state index in [0.29, 0.717) is 17.9 Å². The van der Waals surface area contributed by atoms with Gasteiger partial charge in [-0.1, -0.05) is 19.1 Å². The molecule has 5 heteroatoms. The molecule has 0 bridgehead atoms. The van der Waals surface area contributed by atoms with Gasteiger partial charge in [-0.05, 0) is 24.6 Å². The molecule has 0 saturated heterocycles. The highest BCUT2D eigenvalue weighted by atomic mass is 19.1. The van der Waals surface area contributed by atoms with Crippen molar-refractivity contribution in [2.45, 2.75) is 13.3 Å². The Balaban J connectivity index is 2.02. The van der Waals surface area contributed by atoms with E-state index in [1.165, 1.54) is 6.07 Å². The maximum atomic E-state index is 13.7. The number of nitrogens with zero attached hydrogens (tertiary/aromatic N) is 1. The van der Waals surface area contributed by atoms with Crippen molar-refractivity contribution in [1.29, 1.82) is 0 Å². The zero-order valence-corrected chi connectivity index (χ0v) is 11.5. The maximum Gasteiger partial charge on any atom is 0.153 e. The summed E-state index contributed by atoms with van der Waals surface area (Å²) < 4.78 is 32.4. The van der Waals surface area contributed by atoms with E-state index in [9.17, 15) is 8.78 Å². The molecule has 0 spiro atoms. The summed E-state index contributed by atoms with van der Waals surface area (Å²) in [6.45, 7) is 2.66. The molecule has 3 nitrogen and oxygen atoms in total. The first kappa shape index (κ1) is 13.5. The molecule has 0 aliphatic carbocycles. The van der Waals surface area contributed by atoms with Gasteiger partial charge in [0.25, 0.3) is 0 Å². The standard InChI is InChI=1S/C16H14F2N2O/c1-2-6-21-12-5-3-4-10(7-12)16-19-14-9-11(17)8-13(18)15(14)20-16/h3-5,7-9H,2,6H2,1H3,(H,19,20). The maximum absolute atomic E-state index is 13.7. The normalized spacial score (nSPS) is 11.0. The van der Waals surface area contributed by atoms with Crippen molar-refractivity contribution in [1.82, 2.24) is 9.97 Å². The van der Waals surface area contributed by atoms with Crippen molar-refractivity contribution in [2.24, 2.45) is 0 Å². The minimum atomic E-state index is -0.675. The van der Waals surface area contributed by atoms with Crippen molar-refractivity contribution in [3.8, 4) is 17.1 Å². The number of imidazole rings is 1. The van der Waals surface area contributed by atoms with Crippen LogP contribution >= 0.6 is 0 Å². The Bertz CT molecular complexity index is 783. The molecule has 1 aromatic heterocycles. The lowest BCUT2D eigenvalue weighted by atomic mass is 10.2. The van der Waals surface area contributed by atoms with E-state index in [2.05, 4.69) is 9.97 Å². The molecule has 3 aromatic rings. The summed E-state index contributed by atoms with van der Waals surface area (Å²) in [5, 5.41) is 0. The molecular weight excluding hydrogens is 274 g/mol. The van der Waals surface area contributed by atoms with Gasteiger partial charge in [-0.25, -0.2) is 13.8 Å². The highest BCUT2D eigenvalue weighted by molar-refractivity contribution is 5.80. The molecule has 0 unspecified atom stereocenters. The van der Waals surface area contributed by atoms with Gasteiger partial charge in [0.15, 0.2) is 5.82 Å². The molecule has 108 valence electrons. The fraction of sp³-hybridized carbons (Fsp3) is 0.188. The van der Waals surface area contributed by atoms with Crippen LogP contribution in [-0.2, 0) is 0 Å². The Hall–Kier alpha value is -2.43. The molecule has 21 heavy (non-hydrogen) atoms. The molecule has 0 aliphatic heterocycles. The first-order chi connectivity index (χ1) is 10.2. The number of rotatable bonds is 4. The fourth-order valence-electron chi connectivity index (χ4n) is 2.13. The minimum Gasteiger partial charge on any atom is -0.494 e. The average molecular weight is 288 g/mol. The van der Waals surface area contributed by atoms with E-state index >= 15 is 0 Å². The fourth-order valence-corrected chi connectivity index (χ4v) is 2.13. The van der Waals surface area contributed by atoms with Gasteiger partial charge in [-0.2, -0.15) is 0 Å². The smallest absolute Gasteiger partial charge is 0.153 e. The molecule has 0 amide bonds. The molecule has 0 fully saturated rings. The first-order valence-electron chi connectivity index (χ1n) is 6.75. The van der Waals surface area contributed by atoms with Crippen molar-refractivity contribution in [3.63, 3.8) is 0 Å². The van der Waals surface area contributed by atoms with Gasteiger partial charge in [0.05, 0.1) is 12.1 Å². The van der Waals surface area contributed by atoms with Gasteiger partial charge >= 0.3 is 0 Å². The van der Waals surface area contributed by atoms with Crippen LogP contribution in [0, 0.1) is 11.6 Å². The Morgan fingerprint density at radius 1 is 1.19 bits per heavy atom. The van der Waals surface area contributed by atoms with Crippen molar-refractivity contribution < 1.29 is 13.5 Å². The molecule has 0 atom stereocenters. The Morgan fingerprint density at radius 3 is 2.86 bits per heavy atom. The van der Waals surface area contributed by atoms with Gasteiger partial charge < -0.3 is 9.72 Å². The van der Waals surface area contributed by atoms with E-state index in [4.69, 9.17) is 4.74 Å². The highest BCUT2D eigenvalue weighted by Crippen LogP contribution is 2.25. The number of aromatic amines is 1. The Kier molecular flexibility index (Phi) is 3.56. The minimum absolute atomic E-state index is 0.131. The van der Waals surface area contributed by atoms with Gasteiger partial charge in [0.1, 0.15) is 22.9 Å². The second kappa shape index (κ2) is 5.52. The molecular formula is C16H14F2N2O. The van der Waals surface area contributed by atoms with Crippen LogP contribution in [0.4, 0.5) is 8.78 Å². The van der Waals surface area contributed by atoms with Crippen LogP contribution in [0.5, 0.6) is 5.75 Å². The van der Waals surface area contributed by atoms with Crippen LogP contribution in [0.25, 0.3) is 22.4 Å². The lowest BCUT2D eigenvalue weighted by Crippen LogP contribution is -1.94. The van der Waals surface area contributed by atoms with Crippen molar-refractivity contribution in [3.05, 3.63) is 48.0 Å². The number of halogens is 2. The number of hydrogen-bond donors (Lipinski definition) is 1. The van der Waals surface area contributed by atoms with Crippen LogP contribution in [0.2, 0.25) is 0 Å². The van der Waals surface area contributed by atoms with Crippen LogP contribution in [0.15, 0.2) is 36.4 Å². The molecule has 1 heterocycles. The Morgan fingerprint density at radius 2 is 2.05 bits per heavy atom. The number of benzene rings is 2. The third kappa shape index (κ3) is 2.72. The van der Waals surface area contributed by atoms with Crippen LogP contribution in [-0.4, -0.2) is 16.6 Å². The van der Waals surface area contributed by atoms with Gasteiger partial charge in [0, 0.05) is 11.6 Å². The number of aromatic nitrogens is 2. The van der Waals surface area contributed by atoms with Crippen LogP contribution in [0.3, 0.4) is 0 Å². The molecule has 0 saturated carbocycles. The topological polar surface area (TPSA) is 37.9 Å². The predicted octanol–water partition coefficient (Wildman–Crippen LogP) is 4.30. The number of hydrogen-bond acceptors (Lipinski definition) is 2. The number of ether oxygens (including phenoxy) is 1. The van der Waals surface area contributed by atoms with E-state index < -0.39 is 11.6 Å². The third-order valence-corrected chi connectivity index (χ3v) is 3.09. The van der Waals surface area contributed by atoms with Gasteiger partial charge in [-0.3, -0.25) is 0 Å². The van der Waals surface area contributed by atoms with Crippen LogP contribution < -0.4 is 4.74 Å². The quantitative estimate of drug-likeness (QED) is 0.777. The zero-order valence-electron chi connectivity index (χ0n) is 11.5. The SMILES string of the molecule is CCCOc1cccc(-c2nc3c(F)cc(F)cc3[nH]2)c1. The monoisotopic (exact) mass is 288 g/mol. The molecule has 0 radical (unpaired) electrons. The second-order valence-electron chi connectivity index (χ2n) is 4.75. The number of H-pyrrole nitrogens is 1. The lowest BCUT2D eigenvalue weighted by Gasteiger charge is -2.05. The largest absolute Gasteiger partial charge is 0.494 e. The van der Waals surface area contributed by atoms with E-state index in [1.807, 2.05) is 31.2 Å². The van der Waals surface area contributed by atoms with Crippen molar-refractivity contribution in [2.75, 3.05) is 6.61 Å². The van der Waals surface area contributed by atoms with Crippen molar-refractivity contribution >= 4 is 11.0 Å². The lowest BCUT2D eigenvalue weighted by molar-refractivity contribution is 0.317. The van der Waals surface area contributed by atoms with E-state index in [0.717, 1.165) is 23.8 Å².